The second-order valence-electron chi connectivity index (χ2n) is 7.95. The molecule has 4 rings (SSSR count). The molecular weight excluding hydrogens is 429 g/mol. The third-order valence-electron chi connectivity index (χ3n) is 5.48. The summed E-state index contributed by atoms with van der Waals surface area (Å²) < 4.78 is 46.5. The molecule has 3 amide bonds. The fourth-order valence-electron chi connectivity index (χ4n) is 3.93. The van der Waals surface area contributed by atoms with E-state index in [-0.39, 0.29) is 30.4 Å². The van der Waals surface area contributed by atoms with E-state index in [2.05, 4.69) is 15.2 Å². The van der Waals surface area contributed by atoms with Crippen molar-refractivity contribution in [3.63, 3.8) is 0 Å². The number of hydrogen-bond donors (Lipinski definition) is 1. The highest BCUT2D eigenvalue weighted by atomic mass is 19.4. The van der Waals surface area contributed by atoms with Crippen molar-refractivity contribution in [2.45, 2.75) is 50.7 Å². The van der Waals surface area contributed by atoms with Crippen molar-refractivity contribution in [1.29, 1.82) is 0 Å². The van der Waals surface area contributed by atoms with E-state index in [0.29, 0.717) is 30.1 Å². The minimum absolute atomic E-state index is 0.0249. The van der Waals surface area contributed by atoms with Crippen molar-refractivity contribution in [1.82, 2.24) is 20.3 Å². The van der Waals surface area contributed by atoms with Crippen LogP contribution in [0.2, 0.25) is 0 Å². The van der Waals surface area contributed by atoms with Crippen LogP contribution < -0.4 is 10.1 Å². The summed E-state index contributed by atoms with van der Waals surface area (Å²) in [6.07, 6.45) is -0.395. The number of piperidine rings is 1. The van der Waals surface area contributed by atoms with Crippen molar-refractivity contribution in [3.05, 3.63) is 36.1 Å². The average molecular weight is 452 g/mol. The highest BCUT2D eigenvalue weighted by Gasteiger charge is 2.39. The van der Waals surface area contributed by atoms with Gasteiger partial charge in [-0.05, 0) is 37.8 Å². The van der Waals surface area contributed by atoms with Gasteiger partial charge in [0.2, 0.25) is 6.41 Å². The van der Waals surface area contributed by atoms with Crippen LogP contribution in [0.15, 0.2) is 34.9 Å². The van der Waals surface area contributed by atoms with Gasteiger partial charge in [-0.3, -0.25) is 4.79 Å². The molecule has 0 spiro atoms. The first-order valence-electron chi connectivity index (χ1n) is 10.4. The molecule has 1 aliphatic heterocycles. The molecule has 2 heterocycles. The third kappa shape index (κ3) is 5.51. The molecule has 0 unspecified atom stereocenters. The number of benzene rings is 1. The summed E-state index contributed by atoms with van der Waals surface area (Å²) in [6.45, 7) is 1.31. The van der Waals surface area contributed by atoms with Crippen molar-refractivity contribution < 1.29 is 32.0 Å². The maximum atomic E-state index is 12.9. The second kappa shape index (κ2) is 9.09. The van der Waals surface area contributed by atoms with Crippen molar-refractivity contribution in [2.24, 2.45) is 0 Å². The number of rotatable bonds is 7. The van der Waals surface area contributed by atoms with E-state index in [0.717, 1.165) is 32.1 Å². The molecule has 1 aromatic heterocycles. The Labute approximate surface area is 182 Å². The van der Waals surface area contributed by atoms with Gasteiger partial charge in [0.15, 0.2) is 5.76 Å². The molecule has 1 aromatic carbocycles. The summed E-state index contributed by atoms with van der Waals surface area (Å²) in [7, 11) is 0. The number of ether oxygens (including phenoxy) is 1. The second-order valence-corrected chi connectivity index (χ2v) is 7.95. The summed E-state index contributed by atoms with van der Waals surface area (Å²) in [5.74, 6) is 0.00850. The van der Waals surface area contributed by atoms with Crippen LogP contribution in [0, 0.1) is 0 Å². The fraction of sp³-hybridized carbons (Fsp3) is 0.476. The van der Waals surface area contributed by atoms with Crippen molar-refractivity contribution in [3.8, 4) is 17.0 Å². The summed E-state index contributed by atoms with van der Waals surface area (Å²) in [4.78, 5) is 27.5. The minimum Gasteiger partial charge on any atom is -0.406 e. The van der Waals surface area contributed by atoms with Crippen molar-refractivity contribution in [2.75, 3.05) is 13.1 Å². The number of urea groups is 1. The first-order valence-corrected chi connectivity index (χ1v) is 10.4. The number of alkyl halides is 3. The Balaban J connectivity index is 1.38. The molecule has 0 bridgehead atoms. The first-order chi connectivity index (χ1) is 15.3. The Bertz CT molecular complexity index is 961. The predicted octanol–water partition coefficient (Wildman–Crippen LogP) is 3.54. The lowest BCUT2D eigenvalue weighted by atomic mass is 10.0. The topological polar surface area (TPSA) is 87.9 Å². The Morgan fingerprint density at radius 1 is 1.28 bits per heavy atom. The summed E-state index contributed by atoms with van der Waals surface area (Å²) in [5.41, 5.74) is 0.721. The molecule has 11 heteroatoms. The lowest BCUT2D eigenvalue weighted by Crippen LogP contribution is -2.53. The van der Waals surface area contributed by atoms with Crippen LogP contribution in [0.3, 0.4) is 0 Å². The molecule has 8 nitrogen and oxygen atoms in total. The fourth-order valence-corrected chi connectivity index (χ4v) is 3.93. The van der Waals surface area contributed by atoms with E-state index in [4.69, 9.17) is 4.52 Å². The Morgan fingerprint density at radius 2 is 2.09 bits per heavy atom. The largest absolute Gasteiger partial charge is 0.573 e. The van der Waals surface area contributed by atoms with E-state index in [1.54, 1.807) is 17.0 Å². The molecule has 1 atom stereocenters. The number of nitrogens with one attached hydrogen (secondary N) is 1. The molecule has 2 aliphatic rings. The smallest absolute Gasteiger partial charge is 0.406 e. The molecule has 2 aromatic rings. The number of halogens is 3. The maximum absolute atomic E-state index is 12.9. The number of aromatic nitrogens is 1. The monoisotopic (exact) mass is 452 g/mol. The van der Waals surface area contributed by atoms with Crippen LogP contribution in [-0.4, -0.2) is 58.9 Å². The van der Waals surface area contributed by atoms with Crippen LogP contribution in [0.5, 0.6) is 5.75 Å². The lowest BCUT2D eigenvalue weighted by molar-refractivity contribution is -0.274. The standard InChI is InChI=1S/C21H23F3N4O4/c22-21(23,24)31-17-5-1-3-14(9-17)19-10-18(32-26-19)11-25-20(30)28(15-6-7-15)16-4-2-8-27(12-16)13-29/h1,3,5,9-10,13,15-16H,2,4,6-8,11-12H2,(H,25,30)/t16-/m1/s1. The Morgan fingerprint density at radius 3 is 2.81 bits per heavy atom. The van der Waals surface area contributed by atoms with E-state index < -0.39 is 6.36 Å². The zero-order chi connectivity index (χ0) is 22.7. The van der Waals surface area contributed by atoms with Crippen LogP contribution in [0.4, 0.5) is 18.0 Å². The maximum Gasteiger partial charge on any atom is 0.573 e. The van der Waals surface area contributed by atoms with Gasteiger partial charge in [-0.1, -0.05) is 17.3 Å². The molecule has 32 heavy (non-hydrogen) atoms. The summed E-state index contributed by atoms with van der Waals surface area (Å²) >= 11 is 0. The van der Waals surface area contributed by atoms with Gasteiger partial charge in [-0.2, -0.15) is 0 Å². The highest BCUT2D eigenvalue weighted by Crippen LogP contribution is 2.32. The van der Waals surface area contributed by atoms with Gasteiger partial charge in [0.05, 0.1) is 12.6 Å². The Kier molecular flexibility index (Phi) is 6.24. The summed E-state index contributed by atoms with van der Waals surface area (Å²) in [6, 6.07) is 6.89. The van der Waals surface area contributed by atoms with Gasteiger partial charge in [0.25, 0.3) is 0 Å². The molecule has 2 fully saturated rings. The number of carbonyl (C=O) groups is 2. The zero-order valence-electron chi connectivity index (χ0n) is 17.2. The van der Waals surface area contributed by atoms with Crippen molar-refractivity contribution >= 4 is 12.4 Å². The zero-order valence-corrected chi connectivity index (χ0v) is 17.2. The average Bonchev–Trinajstić information content (AvgIpc) is 3.47. The van der Waals surface area contributed by atoms with Crippen LogP contribution in [0.25, 0.3) is 11.3 Å². The highest BCUT2D eigenvalue weighted by molar-refractivity contribution is 5.75. The number of carbonyl (C=O) groups excluding carboxylic acids is 2. The molecule has 1 N–H and O–H groups in total. The van der Waals surface area contributed by atoms with Gasteiger partial charge in [0, 0.05) is 30.8 Å². The molecule has 1 saturated carbocycles. The lowest BCUT2D eigenvalue weighted by Gasteiger charge is -2.38. The third-order valence-corrected chi connectivity index (χ3v) is 5.48. The molecule has 0 radical (unpaired) electrons. The van der Waals surface area contributed by atoms with E-state index in [9.17, 15) is 22.8 Å². The van der Waals surface area contributed by atoms with E-state index in [1.807, 2.05) is 4.90 Å². The van der Waals surface area contributed by atoms with Crippen LogP contribution in [0.1, 0.15) is 31.4 Å². The Hall–Kier alpha value is -3.24. The molecule has 172 valence electrons. The SMILES string of the molecule is O=CN1CCC[C@@H](N(C(=O)NCc2cc(-c3cccc(OC(F)(F)F)c3)no2)C2CC2)C1. The molecule has 1 saturated heterocycles. The first kappa shape index (κ1) is 22.0. The van der Waals surface area contributed by atoms with Gasteiger partial charge >= 0.3 is 12.4 Å². The van der Waals surface area contributed by atoms with E-state index in [1.165, 1.54) is 18.2 Å². The number of likely N-dealkylation sites (tertiary alicyclic amines) is 1. The van der Waals surface area contributed by atoms with Gasteiger partial charge < -0.3 is 24.4 Å². The van der Waals surface area contributed by atoms with Crippen LogP contribution in [-0.2, 0) is 11.3 Å². The molecule has 1 aliphatic carbocycles. The quantitative estimate of drug-likeness (QED) is 0.650. The molecular formula is C21H23F3N4O4. The number of nitrogens with zero attached hydrogens (tertiary/aromatic N) is 3. The minimum atomic E-state index is -4.79. The summed E-state index contributed by atoms with van der Waals surface area (Å²) in [5, 5.41) is 6.71. The van der Waals surface area contributed by atoms with Gasteiger partial charge in [0.1, 0.15) is 11.4 Å². The normalized spacial score (nSPS) is 18.8. The van der Waals surface area contributed by atoms with E-state index >= 15 is 0 Å². The van der Waals surface area contributed by atoms with Gasteiger partial charge in [-0.25, -0.2) is 4.79 Å². The predicted molar refractivity (Wildman–Crippen MR) is 106 cm³/mol. The number of amides is 3. The number of hydrogen-bond acceptors (Lipinski definition) is 5. The van der Waals surface area contributed by atoms with Crippen LogP contribution >= 0.6 is 0 Å². The van der Waals surface area contributed by atoms with Gasteiger partial charge in [-0.15, -0.1) is 13.2 Å².